The largest absolute Gasteiger partial charge is 0.508 e. The summed E-state index contributed by atoms with van der Waals surface area (Å²) in [6.07, 6.45) is 0. The van der Waals surface area contributed by atoms with E-state index in [2.05, 4.69) is 0 Å². The van der Waals surface area contributed by atoms with E-state index in [4.69, 9.17) is 10.8 Å². The molecule has 0 saturated heterocycles. The Bertz CT molecular complexity index is 256. The number of phenolic OH excluding ortho intramolecular Hbond substituents is 1. The van der Waals surface area contributed by atoms with Crippen molar-refractivity contribution >= 4 is 0 Å². The summed E-state index contributed by atoms with van der Waals surface area (Å²) < 4.78 is 0. The Morgan fingerprint density at radius 2 is 2.09 bits per heavy atom. The molecule has 2 heteroatoms. The van der Waals surface area contributed by atoms with Crippen molar-refractivity contribution in [1.29, 1.82) is 0 Å². The Labute approximate surface area is 66.7 Å². The SMILES string of the molecule is Cc1ccc(O)cc1C(C)N. The summed E-state index contributed by atoms with van der Waals surface area (Å²) in [6.45, 7) is 3.89. The van der Waals surface area contributed by atoms with Crippen molar-refractivity contribution in [3.05, 3.63) is 29.3 Å². The van der Waals surface area contributed by atoms with Gasteiger partial charge in [0, 0.05) is 6.04 Å². The fourth-order valence-corrected chi connectivity index (χ4v) is 1.12. The summed E-state index contributed by atoms with van der Waals surface area (Å²) in [5, 5.41) is 9.13. The molecule has 0 aliphatic heterocycles. The second kappa shape index (κ2) is 2.93. The maximum Gasteiger partial charge on any atom is 0.115 e. The second-order valence-corrected chi connectivity index (χ2v) is 2.83. The minimum Gasteiger partial charge on any atom is -0.508 e. The molecule has 0 radical (unpaired) electrons. The van der Waals surface area contributed by atoms with Crippen molar-refractivity contribution in [2.24, 2.45) is 5.73 Å². The first-order chi connectivity index (χ1) is 5.11. The van der Waals surface area contributed by atoms with Crippen molar-refractivity contribution in [2.75, 3.05) is 0 Å². The van der Waals surface area contributed by atoms with Crippen LogP contribution < -0.4 is 5.73 Å². The van der Waals surface area contributed by atoms with Crippen molar-refractivity contribution in [2.45, 2.75) is 19.9 Å². The average Bonchev–Trinajstić information content (AvgIpc) is 1.94. The van der Waals surface area contributed by atoms with Gasteiger partial charge in [-0.3, -0.25) is 0 Å². The summed E-state index contributed by atoms with van der Waals surface area (Å²) in [5.41, 5.74) is 7.80. The van der Waals surface area contributed by atoms with Crippen LogP contribution in [0.5, 0.6) is 5.75 Å². The van der Waals surface area contributed by atoms with Gasteiger partial charge in [-0.05, 0) is 37.1 Å². The lowest BCUT2D eigenvalue weighted by molar-refractivity contribution is 0.473. The van der Waals surface area contributed by atoms with Crippen LogP contribution in [0.2, 0.25) is 0 Å². The molecular weight excluding hydrogens is 138 g/mol. The van der Waals surface area contributed by atoms with Crippen molar-refractivity contribution in [3.8, 4) is 5.75 Å². The van der Waals surface area contributed by atoms with Crippen molar-refractivity contribution < 1.29 is 5.11 Å². The molecule has 0 spiro atoms. The molecule has 0 amide bonds. The number of aryl methyl sites for hydroxylation is 1. The Morgan fingerprint density at radius 1 is 1.45 bits per heavy atom. The molecule has 0 bridgehead atoms. The topological polar surface area (TPSA) is 46.2 Å². The third-order valence-electron chi connectivity index (χ3n) is 1.75. The Balaban J connectivity index is 3.13. The van der Waals surface area contributed by atoms with Gasteiger partial charge in [0.05, 0.1) is 0 Å². The van der Waals surface area contributed by atoms with Crippen LogP contribution in [0, 0.1) is 6.92 Å². The van der Waals surface area contributed by atoms with Crippen LogP contribution in [0.1, 0.15) is 24.1 Å². The Kier molecular flexibility index (Phi) is 2.15. The van der Waals surface area contributed by atoms with E-state index >= 15 is 0 Å². The van der Waals surface area contributed by atoms with Crippen molar-refractivity contribution in [1.82, 2.24) is 0 Å². The molecule has 0 aromatic heterocycles. The predicted octanol–water partition coefficient (Wildman–Crippen LogP) is 1.72. The fourth-order valence-electron chi connectivity index (χ4n) is 1.12. The van der Waals surface area contributed by atoms with Gasteiger partial charge in [-0.1, -0.05) is 6.07 Å². The Morgan fingerprint density at radius 3 is 2.55 bits per heavy atom. The fraction of sp³-hybridized carbons (Fsp3) is 0.333. The standard InChI is InChI=1S/C9H13NO/c1-6-3-4-8(11)5-9(6)7(2)10/h3-5,7,11H,10H2,1-2H3. The summed E-state index contributed by atoms with van der Waals surface area (Å²) in [6, 6.07) is 5.23. The molecule has 11 heavy (non-hydrogen) atoms. The van der Waals surface area contributed by atoms with E-state index in [1.807, 2.05) is 19.9 Å². The van der Waals surface area contributed by atoms with E-state index in [0.29, 0.717) is 0 Å². The normalized spacial score (nSPS) is 13.0. The molecule has 1 aromatic rings. The van der Waals surface area contributed by atoms with E-state index in [1.54, 1.807) is 12.1 Å². The lowest BCUT2D eigenvalue weighted by Crippen LogP contribution is -2.06. The third kappa shape index (κ3) is 1.71. The molecular formula is C9H13NO. The van der Waals surface area contributed by atoms with Gasteiger partial charge in [0.15, 0.2) is 0 Å². The van der Waals surface area contributed by atoms with Gasteiger partial charge in [0.1, 0.15) is 5.75 Å². The number of hydrogen-bond acceptors (Lipinski definition) is 2. The van der Waals surface area contributed by atoms with Gasteiger partial charge >= 0.3 is 0 Å². The van der Waals surface area contributed by atoms with Gasteiger partial charge in [0.25, 0.3) is 0 Å². The number of hydrogen-bond donors (Lipinski definition) is 2. The molecule has 3 N–H and O–H groups in total. The highest BCUT2D eigenvalue weighted by Gasteiger charge is 2.03. The van der Waals surface area contributed by atoms with Crippen LogP contribution >= 0.6 is 0 Å². The van der Waals surface area contributed by atoms with Crippen LogP contribution in [0.25, 0.3) is 0 Å². The molecule has 60 valence electrons. The quantitative estimate of drug-likeness (QED) is 0.642. The van der Waals surface area contributed by atoms with Crippen LogP contribution in [0.15, 0.2) is 18.2 Å². The predicted molar refractivity (Wildman–Crippen MR) is 45.4 cm³/mol. The highest BCUT2D eigenvalue weighted by atomic mass is 16.3. The molecule has 0 aliphatic rings. The molecule has 0 aliphatic carbocycles. The molecule has 0 saturated carbocycles. The van der Waals surface area contributed by atoms with E-state index in [0.717, 1.165) is 11.1 Å². The minimum atomic E-state index is -0.0119. The minimum absolute atomic E-state index is 0.0119. The maximum atomic E-state index is 9.13. The van der Waals surface area contributed by atoms with E-state index in [1.165, 1.54) is 0 Å². The van der Waals surface area contributed by atoms with Crippen LogP contribution in [-0.4, -0.2) is 5.11 Å². The average molecular weight is 151 g/mol. The summed E-state index contributed by atoms with van der Waals surface area (Å²) in [5.74, 6) is 0.280. The molecule has 0 fully saturated rings. The third-order valence-corrected chi connectivity index (χ3v) is 1.75. The van der Waals surface area contributed by atoms with Gasteiger partial charge in [-0.25, -0.2) is 0 Å². The van der Waals surface area contributed by atoms with Gasteiger partial charge < -0.3 is 10.8 Å². The number of nitrogens with two attached hydrogens (primary N) is 1. The zero-order valence-electron chi connectivity index (χ0n) is 6.83. The van der Waals surface area contributed by atoms with Gasteiger partial charge in [0.2, 0.25) is 0 Å². The lowest BCUT2D eigenvalue weighted by Gasteiger charge is -2.09. The van der Waals surface area contributed by atoms with Crippen molar-refractivity contribution in [3.63, 3.8) is 0 Å². The van der Waals surface area contributed by atoms with E-state index in [-0.39, 0.29) is 11.8 Å². The second-order valence-electron chi connectivity index (χ2n) is 2.83. The number of rotatable bonds is 1. The first-order valence-corrected chi connectivity index (χ1v) is 3.66. The van der Waals surface area contributed by atoms with Crippen LogP contribution in [0.4, 0.5) is 0 Å². The summed E-state index contributed by atoms with van der Waals surface area (Å²) >= 11 is 0. The van der Waals surface area contributed by atoms with Crippen LogP contribution in [-0.2, 0) is 0 Å². The van der Waals surface area contributed by atoms with E-state index < -0.39 is 0 Å². The first kappa shape index (κ1) is 8.08. The maximum absolute atomic E-state index is 9.13. The highest BCUT2D eigenvalue weighted by molar-refractivity contribution is 5.35. The summed E-state index contributed by atoms with van der Waals surface area (Å²) in [4.78, 5) is 0. The zero-order chi connectivity index (χ0) is 8.43. The molecule has 2 nitrogen and oxygen atoms in total. The summed E-state index contributed by atoms with van der Waals surface area (Å²) in [7, 11) is 0. The smallest absolute Gasteiger partial charge is 0.115 e. The van der Waals surface area contributed by atoms with E-state index in [9.17, 15) is 0 Å². The molecule has 1 aromatic carbocycles. The Hall–Kier alpha value is -1.02. The molecule has 1 atom stereocenters. The lowest BCUT2D eigenvalue weighted by atomic mass is 10.0. The molecule has 0 heterocycles. The number of benzene rings is 1. The first-order valence-electron chi connectivity index (χ1n) is 3.66. The van der Waals surface area contributed by atoms with Crippen LogP contribution in [0.3, 0.4) is 0 Å². The number of aromatic hydroxyl groups is 1. The molecule has 1 unspecified atom stereocenters. The number of phenols is 1. The van der Waals surface area contributed by atoms with Gasteiger partial charge in [-0.15, -0.1) is 0 Å². The molecule has 1 rings (SSSR count). The monoisotopic (exact) mass is 151 g/mol. The highest BCUT2D eigenvalue weighted by Crippen LogP contribution is 2.20. The zero-order valence-corrected chi connectivity index (χ0v) is 6.83. The van der Waals surface area contributed by atoms with Gasteiger partial charge in [-0.2, -0.15) is 0 Å².